The van der Waals surface area contributed by atoms with Gasteiger partial charge >= 0.3 is 0 Å². The first-order valence-electron chi connectivity index (χ1n) is 11.4. The Bertz CT molecular complexity index is 1000. The summed E-state index contributed by atoms with van der Waals surface area (Å²) in [6.45, 7) is 2.11. The van der Waals surface area contributed by atoms with E-state index < -0.39 is 16.1 Å². The van der Waals surface area contributed by atoms with Crippen LogP contribution in [0, 0.1) is 0 Å². The van der Waals surface area contributed by atoms with Gasteiger partial charge in [0.25, 0.3) is 0 Å². The van der Waals surface area contributed by atoms with Crippen molar-refractivity contribution in [1.82, 2.24) is 4.72 Å². The number of sulfonamides is 1. The second-order valence-electron chi connectivity index (χ2n) is 8.15. The molecule has 1 aliphatic heterocycles. The van der Waals surface area contributed by atoms with Crippen LogP contribution in [0.5, 0.6) is 0 Å². The molecule has 1 saturated heterocycles. The van der Waals surface area contributed by atoms with Gasteiger partial charge in [-0.05, 0) is 67.2 Å². The molecule has 0 radical (unpaired) electrons. The van der Waals surface area contributed by atoms with Crippen LogP contribution in [0.2, 0.25) is 0 Å². The molecule has 0 spiro atoms. The van der Waals surface area contributed by atoms with Crippen LogP contribution in [0.1, 0.15) is 37.7 Å². The van der Waals surface area contributed by atoms with E-state index in [-0.39, 0.29) is 5.91 Å². The normalized spacial score (nSPS) is 15.8. The maximum atomic E-state index is 12.9. The molecule has 0 saturated carbocycles. The van der Waals surface area contributed by atoms with Crippen molar-refractivity contribution in [3.63, 3.8) is 0 Å². The molecule has 2 aromatic rings. The summed E-state index contributed by atoms with van der Waals surface area (Å²) in [5, 5.41) is 3.98. The number of carbonyl (C=O) groups excluding carboxylic acids is 1. The summed E-state index contributed by atoms with van der Waals surface area (Å²) < 4.78 is 27.7. The fourth-order valence-corrected chi connectivity index (χ4v) is 5.27. The second-order valence-corrected chi connectivity index (χ2v) is 10.7. The van der Waals surface area contributed by atoms with E-state index in [2.05, 4.69) is 14.9 Å². The largest absolute Gasteiger partial charge is 0.372 e. The third-order valence-electron chi connectivity index (χ3n) is 5.58. The molecule has 1 unspecified atom stereocenters. The maximum absolute atomic E-state index is 12.9. The monoisotopic (exact) mass is 487 g/mol. The van der Waals surface area contributed by atoms with Crippen LogP contribution in [0.25, 0.3) is 6.08 Å². The lowest BCUT2D eigenvalue weighted by Crippen LogP contribution is -2.43. The van der Waals surface area contributed by atoms with Crippen LogP contribution < -0.4 is 14.9 Å². The molecule has 0 aromatic heterocycles. The summed E-state index contributed by atoms with van der Waals surface area (Å²) in [5.41, 5.74) is 2.59. The second kappa shape index (κ2) is 12.8. The number of thioether (sulfide) groups is 1. The molecule has 0 bridgehead atoms. The Kier molecular flexibility index (Phi) is 9.84. The van der Waals surface area contributed by atoms with Crippen LogP contribution in [-0.2, 0) is 14.8 Å². The summed E-state index contributed by atoms with van der Waals surface area (Å²) in [6, 6.07) is 16.1. The lowest BCUT2D eigenvalue weighted by Gasteiger charge is -2.23. The van der Waals surface area contributed by atoms with Crippen molar-refractivity contribution in [2.24, 2.45) is 0 Å². The molecule has 1 aliphatic rings. The third-order valence-corrected chi connectivity index (χ3v) is 7.33. The van der Waals surface area contributed by atoms with Crippen molar-refractivity contribution in [1.29, 1.82) is 0 Å². The van der Waals surface area contributed by atoms with Crippen molar-refractivity contribution in [3.05, 3.63) is 65.6 Å². The number of benzene rings is 2. The van der Waals surface area contributed by atoms with Crippen LogP contribution >= 0.6 is 11.8 Å². The fourth-order valence-electron chi connectivity index (χ4n) is 3.76. The molecule has 1 fully saturated rings. The zero-order valence-electron chi connectivity index (χ0n) is 19.1. The highest BCUT2D eigenvalue weighted by Gasteiger charge is 2.23. The Morgan fingerprint density at radius 1 is 1.03 bits per heavy atom. The van der Waals surface area contributed by atoms with Gasteiger partial charge in [0.2, 0.25) is 15.9 Å². The van der Waals surface area contributed by atoms with Crippen molar-refractivity contribution in [2.45, 2.75) is 38.1 Å². The summed E-state index contributed by atoms with van der Waals surface area (Å²) in [6.07, 6.45) is 8.81. The number of carbonyl (C=O) groups is 1. The topological polar surface area (TPSA) is 78.5 Å². The van der Waals surface area contributed by atoms with E-state index in [0.29, 0.717) is 17.9 Å². The van der Waals surface area contributed by atoms with Gasteiger partial charge in [-0.2, -0.15) is 16.5 Å². The summed E-state index contributed by atoms with van der Waals surface area (Å²) in [4.78, 5) is 15.3. The van der Waals surface area contributed by atoms with E-state index in [0.717, 1.165) is 29.7 Å². The van der Waals surface area contributed by atoms with E-state index in [9.17, 15) is 13.2 Å². The third kappa shape index (κ3) is 8.53. The molecule has 2 aromatic carbocycles. The highest BCUT2D eigenvalue weighted by Crippen LogP contribution is 2.22. The zero-order chi connectivity index (χ0) is 23.5. The molecule has 1 atom stereocenters. The minimum atomic E-state index is -3.78. The van der Waals surface area contributed by atoms with E-state index in [1.807, 2.05) is 60.9 Å². The number of hydrogen-bond donors (Lipinski definition) is 2. The Balaban J connectivity index is 1.64. The predicted octanol–water partition coefficient (Wildman–Crippen LogP) is 4.72. The van der Waals surface area contributed by atoms with Gasteiger partial charge < -0.3 is 10.2 Å². The summed E-state index contributed by atoms with van der Waals surface area (Å²) in [5.74, 6) is 0.306. The van der Waals surface area contributed by atoms with Gasteiger partial charge in [-0.15, -0.1) is 0 Å². The van der Waals surface area contributed by atoms with Gasteiger partial charge in [0.05, 0.1) is 0 Å². The van der Waals surface area contributed by atoms with Gasteiger partial charge in [0.1, 0.15) is 6.04 Å². The highest BCUT2D eigenvalue weighted by molar-refractivity contribution is 7.98. The number of rotatable bonds is 10. The maximum Gasteiger partial charge on any atom is 0.242 e. The molecule has 0 aliphatic carbocycles. The lowest BCUT2D eigenvalue weighted by atomic mass is 10.2. The van der Waals surface area contributed by atoms with Gasteiger partial charge in [0, 0.05) is 29.9 Å². The smallest absolute Gasteiger partial charge is 0.242 e. The Morgan fingerprint density at radius 2 is 1.70 bits per heavy atom. The number of hydrogen-bond acceptors (Lipinski definition) is 5. The first-order chi connectivity index (χ1) is 16.0. The average molecular weight is 488 g/mol. The first kappa shape index (κ1) is 25.3. The van der Waals surface area contributed by atoms with Crippen LogP contribution in [0.15, 0.2) is 60.0 Å². The van der Waals surface area contributed by atoms with E-state index in [4.69, 9.17) is 0 Å². The molecule has 1 heterocycles. The minimum Gasteiger partial charge on any atom is -0.372 e. The first-order valence-corrected chi connectivity index (χ1v) is 14.3. The van der Waals surface area contributed by atoms with Gasteiger partial charge in [-0.3, -0.25) is 4.79 Å². The predicted molar refractivity (Wildman–Crippen MR) is 140 cm³/mol. The van der Waals surface area contributed by atoms with Crippen molar-refractivity contribution in [3.8, 4) is 0 Å². The van der Waals surface area contributed by atoms with Gasteiger partial charge in [0.15, 0.2) is 0 Å². The number of anilines is 2. The SMILES string of the molecule is CSCCC(NS(=O)(=O)/C=C/c1ccccc1)C(=O)Nc1ccc(N2CCCCCC2)cc1. The Morgan fingerprint density at radius 3 is 2.33 bits per heavy atom. The summed E-state index contributed by atoms with van der Waals surface area (Å²) in [7, 11) is -3.78. The van der Waals surface area contributed by atoms with E-state index in [1.54, 1.807) is 11.8 Å². The fraction of sp³-hybridized carbons (Fsp3) is 0.400. The molecule has 8 heteroatoms. The molecular formula is C25H33N3O3S2. The zero-order valence-corrected chi connectivity index (χ0v) is 20.7. The Hall–Kier alpha value is -2.29. The number of nitrogens with zero attached hydrogens (tertiary/aromatic N) is 1. The molecular weight excluding hydrogens is 454 g/mol. The van der Waals surface area contributed by atoms with E-state index >= 15 is 0 Å². The average Bonchev–Trinajstić information content (AvgIpc) is 3.11. The molecule has 3 rings (SSSR count). The van der Waals surface area contributed by atoms with Crippen LogP contribution in [0.3, 0.4) is 0 Å². The molecule has 6 nitrogen and oxygen atoms in total. The number of amides is 1. The minimum absolute atomic E-state index is 0.358. The highest BCUT2D eigenvalue weighted by atomic mass is 32.2. The van der Waals surface area contributed by atoms with Crippen molar-refractivity contribution < 1.29 is 13.2 Å². The number of nitrogens with one attached hydrogen (secondary N) is 2. The van der Waals surface area contributed by atoms with Crippen molar-refractivity contribution in [2.75, 3.05) is 35.3 Å². The molecule has 1 amide bonds. The van der Waals surface area contributed by atoms with Gasteiger partial charge in [-0.25, -0.2) is 8.42 Å². The van der Waals surface area contributed by atoms with Gasteiger partial charge in [-0.1, -0.05) is 43.2 Å². The molecule has 33 heavy (non-hydrogen) atoms. The summed E-state index contributed by atoms with van der Waals surface area (Å²) >= 11 is 1.57. The lowest BCUT2D eigenvalue weighted by molar-refractivity contribution is -0.117. The van der Waals surface area contributed by atoms with Crippen LogP contribution in [0.4, 0.5) is 11.4 Å². The van der Waals surface area contributed by atoms with Crippen molar-refractivity contribution >= 4 is 45.1 Å². The standard InChI is InChI=1S/C25H33N3O3S2/c1-32-19-15-24(27-33(30,31)20-16-21-9-5-4-6-10-21)25(29)26-22-11-13-23(14-12-22)28-17-7-2-3-8-18-28/h4-6,9-14,16,20,24,27H,2-3,7-8,15,17-19H2,1H3,(H,26,29)/b20-16+. The van der Waals surface area contributed by atoms with Crippen LogP contribution in [-0.4, -0.2) is 45.5 Å². The molecule has 2 N–H and O–H groups in total. The molecule has 178 valence electrons. The van der Waals surface area contributed by atoms with E-state index in [1.165, 1.54) is 31.8 Å². The quantitative estimate of drug-likeness (QED) is 0.507. The Labute approximate surface area is 201 Å².